The van der Waals surface area contributed by atoms with E-state index in [0.717, 1.165) is 52.4 Å². The highest BCUT2D eigenvalue weighted by molar-refractivity contribution is 9.10. The van der Waals surface area contributed by atoms with Crippen molar-refractivity contribution in [2.45, 2.75) is 38.1 Å². The molecule has 218 valence electrons. The Morgan fingerprint density at radius 3 is 2.33 bits per heavy atom. The van der Waals surface area contributed by atoms with Crippen LogP contribution in [0.3, 0.4) is 0 Å². The Labute approximate surface area is 263 Å². The number of nitrogens with zero attached hydrogens (tertiary/aromatic N) is 4. The zero-order valence-corrected chi connectivity index (χ0v) is 27.1. The third kappa shape index (κ3) is 6.05. The first kappa shape index (κ1) is 29.1. The molecule has 0 radical (unpaired) electrons. The van der Waals surface area contributed by atoms with Crippen LogP contribution in [0.25, 0.3) is 16.5 Å². The summed E-state index contributed by atoms with van der Waals surface area (Å²) >= 11 is 7.05. The quantitative estimate of drug-likeness (QED) is 0.207. The number of likely N-dealkylation sites (N-methyl/N-ethyl adjacent to an activating group) is 1. The van der Waals surface area contributed by atoms with E-state index in [9.17, 15) is 4.79 Å². The first-order chi connectivity index (χ1) is 20.4. The Morgan fingerprint density at radius 2 is 1.71 bits per heavy atom. The second kappa shape index (κ2) is 12.7. The number of hydrogen-bond donors (Lipinski definition) is 1. The van der Waals surface area contributed by atoms with Crippen LogP contribution in [-0.4, -0.2) is 70.5 Å². The summed E-state index contributed by atoms with van der Waals surface area (Å²) in [7, 11) is 3.87. The summed E-state index contributed by atoms with van der Waals surface area (Å²) in [6.07, 6.45) is 14.1. The number of aromatic nitrogens is 3. The maximum Gasteiger partial charge on any atom is 0.230 e. The topological polar surface area (TPSA) is 74.4 Å². The number of rotatable bonds is 10. The van der Waals surface area contributed by atoms with E-state index in [1.165, 1.54) is 33.2 Å². The number of aromatic amines is 1. The number of aryl methyl sites for hydroxylation is 2. The van der Waals surface area contributed by atoms with E-state index in [-0.39, 0.29) is 17.9 Å². The van der Waals surface area contributed by atoms with Crippen molar-refractivity contribution in [3.63, 3.8) is 0 Å². The highest BCUT2D eigenvalue weighted by atomic mass is 79.9. The summed E-state index contributed by atoms with van der Waals surface area (Å²) in [5.74, 6) is 0.853. The molecule has 1 aliphatic heterocycles. The fraction of sp³-hybridized carbons (Fsp3) is 0.364. The van der Waals surface area contributed by atoms with Gasteiger partial charge in [0, 0.05) is 75.9 Å². The number of benzene rings is 1. The Hall–Kier alpha value is -3.01. The number of nitrogens with one attached hydrogen (secondary N) is 1. The summed E-state index contributed by atoms with van der Waals surface area (Å²) in [5, 5.41) is 1.22. The van der Waals surface area contributed by atoms with Crippen LogP contribution in [0.15, 0.2) is 70.1 Å². The minimum absolute atomic E-state index is 0.195. The van der Waals surface area contributed by atoms with Crippen molar-refractivity contribution in [3.05, 3.63) is 92.4 Å². The third-order valence-electron chi connectivity index (χ3n) is 8.50. The number of halogens is 2. The zero-order chi connectivity index (χ0) is 29.2. The van der Waals surface area contributed by atoms with Gasteiger partial charge in [-0.15, -0.1) is 0 Å². The van der Waals surface area contributed by atoms with Crippen molar-refractivity contribution in [1.82, 2.24) is 24.8 Å². The molecule has 9 heteroatoms. The number of H-pyrrole nitrogens is 1. The Bertz CT molecular complexity index is 1580. The van der Waals surface area contributed by atoms with Crippen LogP contribution < -0.4 is 4.74 Å². The summed E-state index contributed by atoms with van der Waals surface area (Å²) < 4.78 is 7.66. The Morgan fingerprint density at radius 1 is 1.05 bits per heavy atom. The van der Waals surface area contributed by atoms with Crippen molar-refractivity contribution in [1.29, 1.82) is 0 Å². The summed E-state index contributed by atoms with van der Waals surface area (Å²) in [4.78, 5) is 30.7. The number of methoxy groups -OCH3 is 1. The molecule has 0 fully saturated rings. The Balaban J connectivity index is 1.24. The lowest BCUT2D eigenvalue weighted by atomic mass is 9.79. The molecular formula is C33H35Br2N5O2. The average molecular weight is 693 g/mol. The molecule has 0 bridgehead atoms. The van der Waals surface area contributed by atoms with E-state index in [4.69, 9.17) is 4.74 Å². The van der Waals surface area contributed by atoms with E-state index in [0.29, 0.717) is 19.6 Å². The number of carbonyl (C=O) groups excluding carboxylic acids is 1. The maximum atomic E-state index is 14.2. The van der Waals surface area contributed by atoms with Gasteiger partial charge in [0.15, 0.2) is 5.88 Å². The summed E-state index contributed by atoms with van der Waals surface area (Å²) in [6.45, 7) is 2.12. The highest BCUT2D eigenvalue weighted by Gasteiger charge is 2.38. The molecule has 6 rings (SSSR count). The van der Waals surface area contributed by atoms with Crippen molar-refractivity contribution in [2.75, 3.05) is 33.8 Å². The molecule has 0 saturated heterocycles. The van der Waals surface area contributed by atoms with Gasteiger partial charge >= 0.3 is 0 Å². The Kier molecular flexibility index (Phi) is 8.79. The minimum atomic E-state index is -0.195. The molecular weight excluding hydrogens is 658 g/mol. The molecule has 0 saturated carbocycles. The largest absolute Gasteiger partial charge is 0.482 e. The lowest BCUT2D eigenvalue weighted by molar-refractivity contribution is -0.134. The second-order valence-electron chi connectivity index (χ2n) is 11.3. The van der Waals surface area contributed by atoms with E-state index < -0.39 is 0 Å². The first-order valence-corrected chi connectivity index (χ1v) is 16.1. The second-order valence-corrected chi connectivity index (χ2v) is 13.1. The molecule has 7 nitrogen and oxygen atoms in total. The van der Waals surface area contributed by atoms with Gasteiger partial charge in [0.25, 0.3) is 0 Å². The number of amides is 1. The molecule has 4 aromatic rings. The fourth-order valence-electron chi connectivity index (χ4n) is 6.54. The molecule has 0 unspecified atom stereocenters. The van der Waals surface area contributed by atoms with Crippen molar-refractivity contribution < 1.29 is 9.53 Å². The molecule has 2 atom stereocenters. The number of hydrogen-bond acceptors (Lipinski definition) is 5. The normalized spacial score (nSPS) is 18.0. The van der Waals surface area contributed by atoms with Gasteiger partial charge < -0.3 is 14.6 Å². The van der Waals surface area contributed by atoms with Crippen LogP contribution in [0.1, 0.15) is 35.1 Å². The number of pyridine rings is 2. The lowest BCUT2D eigenvalue weighted by Crippen LogP contribution is -2.48. The summed E-state index contributed by atoms with van der Waals surface area (Å²) in [5.41, 5.74) is 7.12. The molecule has 1 N–H and O–H groups in total. The van der Waals surface area contributed by atoms with Gasteiger partial charge in [0.05, 0.1) is 13.0 Å². The highest BCUT2D eigenvalue weighted by Crippen LogP contribution is 2.44. The molecule has 1 amide bonds. The van der Waals surface area contributed by atoms with E-state index in [2.05, 4.69) is 100 Å². The monoisotopic (exact) mass is 691 g/mol. The minimum Gasteiger partial charge on any atom is -0.482 e. The van der Waals surface area contributed by atoms with Gasteiger partial charge in [-0.2, -0.15) is 0 Å². The third-order valence-corrected chi connectivity index (χ3v) is 9.36. The SMILES string of the molecule is COc1[nH]c2cccc3c2c1C[C@@H]1C3=C[C@@H](C(=O)N(CCCc2cncc(Br)c2)CCCc2cncc(Br)c2)CN1C. The van der Waals surface area contributed by atoms with Gasteiger partial charge in [-0.3, -0.25) is 19.7 Å². The molecule has 2 aliphatic rings. The predicted molar refractivity (Wildman–Crippen MR) is 174 cm³/mol. The summed E-state index contributed by atoms with van der Waals surface area (Å²) in [6, 6.07) is 10.8. The van der Waals surface area contributed by atoms with Crippen LogP contribution in [0, 0.1) is 5.92 Å². The first-order valence-electron chi connectivity index (χ1n) is 14.5. The van der Waals surface area contributed by atoms with Crippen LogP contribution in [-0.2, 0) is 24.1 Å². The predicted octanol–water partition coefficient (Wildman–Crippen LogP) is 6.46. The number of fused-ring (bicyclic) bond motifs is 2. The van der Waals surface area contributed by atoms with E-state index in [1.807, 2.05) is 12.4 Å². The molecule has 1 aromatic carbocycles. The fourth-order valence-corrected chi connectivity index (χ4v) is 7.36. The van der Waals surface area contributed by atoms with Crippen LogP contribution in [0.4, 0.5) is 0 Å². The van der Waals surface area contributed by atoms with Gasteiger partial charge in [-0.1, -0.05) is 18.2 Å². The van der Waals surface area contributed by atoms with Crippen LogP contribution in [0.2, 0.25) is 0 Å². The number of carbonyl (C=O) groups is 1. The average Bonchev–Trinajstić information content (AvgIpc) is 3.35. The van der Waals surface area contributed by atoms with E-state index >= 15 is 0 Å². The zero-order valence-electron chi connectivity index (χ0n) is 23.9. The molecule has 0 spiro atoms. The van der Waals surface area contributed by atoms with Gasteiger partial charge in [0.1, 0.15) is 0 Å². The van der Waals surface area contributed by atoms with Crippen molar-refractivity contribution >= 4 is 54.2 Å². The standard InChI is InChI=1S/C33H35Br2N5O2/c1-39-20-23(14-27-26-8-3-9-29-31(26)28(15-30(27)39)32(38-29)42-2)33(41)40(10-4-6-21-12-24(34)18-36-16-21)11-5-7-22-13-25(35)19-37-17-22/h3,8-9,12-14,16-19,23,30,38H,4-7,10-11,15,20H2,1-2H3/t23-,30-/m1/s1. The lowest BCUT2D eigenvalue weighted by Gasteiger charge is -2.40. The molecule has 42 heavy (non-hydrogen) atoms. The van der Waals surface area contributed by atoms with Crippen molar-refractivity contribution in [3.8, 4) is 5.88 Å². The molecule has 3 aromatic heterocycles. The van der Waals surface area contributed by atoms with Gasteiger partial charge in [0.2, 0.25) is 5.91 Å². The van der Waals surface area contributed by atoms with Crippen molar-refractivity contribution in [2.24, 2.45) is 5.92 Å². The smallest absolute Gasteiger partial charge is 0.230 e. The van der Waals surface area contributed by atoms with Gasteiger partial charge in [-0.25, -0.2) is 0 Å². The van der Waals surface area contributed by atoms with Gasteiger partial charge in [-0.05, 0) is 111 Å². The van der Waals surface area contributed by atoms with E-state index in [1.54, 1.807) is 19.5 Å². The maximum absolute atomic E-state index is 14.2. The molecule has 4 heterocycles. The van der Waals surface area contributed by atoms with Crippen LogP contribution >= 0.6 is 31.9 Å². The number of ether oxygens (including phenoxy) is 1. The molecule has 1 aliphatic carbocycles. The van der Waals surface area contributed by atoms with Crippen LogP contribution in [0.5, 0.6) is 5.88 Å².